The number of hydrogen-bond donors (Lipinski definition) is 2. The van der Waals surface area contributed by atoms with Crippen LogP contribution in [0.3, 0.4) is 0 Å². The smallest absolute Gasteiger partial charge is 0.253 e. The molecule has 0 saturated carbocycles. The van der Waals surface area contributed by atoms with E-state index in [4.69, 9.17) is 9.47 Å². The summed E-state index contributed by atoms with van der Waals surface area (Å²) in [5, 5.41) is 4.55. The molecule has 176 valence electrons. The second-order valence-electron chi connectivity index (χ2n) is 9.29. The van der Waals surface area contributed by atoms with Crippen LogP contribution in [0.15, 0.2) is 36.4 Å². The first-order valence-electron chi connectivity index (χ1n) is 11.4. The number of carbonyl (C=O) groups excluding carboxylic acids is 1. The number of amides is 1. The first kappa shape index (κ1) is 23.5. The summed E-state index contributed by atoms with van der Waals surface area (Å²) >= 11 is 0. The fourth-order valence-electron chi connectivity index (χ4n) is 5.37. The van der Waals surface area contributed by atoms with Gasteiger partial charge in [-0.05, 0) is 59.7 Å². The van der Waals surface area contributed by atoms with Crippen molar-refractivity contribution in [2.75, 3.05) is 40.4 Å². The molecule has 1 amide bonds. The quantitative estimate of drug-likeness (QED) is 0.569. The third-order valence-corrected chi connectivity index (χ3v) is 7.01. The van der Waals surface area contributed by atoms with Gasteiger partial charge >= 0.3 is 0 Å². The zero-order chi connectivity index (χ0) is 22.4. The molecule has 3 heterocycles. The van der Waals surface area contributed by atoms with E-state index in [0.717, 1.165) is 53.9 Å². The van der Waals surface area contributed by atoms with E-state index in [2.05, 4.69) is 30.2 Å². The van der Waals surface area contributed by atoms with Crippen molar-refractivity contribution in [3.05, 3.63) is 47.5 Å². The SMILES string of the molecule is COc1ccc(-c2[nH]c3ccc(C(=O)N4CC5CNCC5C4)cc3c2C(C)C)cc1OC.Cl. The summed E-state index contributed by atoms with van der Waals surface area (Å²) in [4.78, 5) is 18.9. The van der Waals surface area contributed by atoms with E-state index in [0.29, 0.717) is 23.3 Å². The van der Waals surface area contributed by atoms with Gasteiger partial charge in [0.25, 0.3) is 5.91 Å². The second-order valence-corrected chi connectivity index (χ2v) is 9.29. The molecule has 3 aromatic rings. The Labute approximate surface area is 201 Å². The van der Waals surface area contributed by atoms with E-state index in [9.17, 15) is 4.79 Å². The van der Waals surface area contributed by atoms with Gasteiger partial charge in [0.1, 0.15) is 0 Å². The lowest BCUT2D eigenvalue weighted by Crippen LogP contribution is -2.31. The molecule has 2 saturated heterocycles. The van der Waals surface area contributed by atoms with Crippen LogP contribution in [0.2, 0.25) is 0 Å². The molecule has 7 heteroatoms. The Bertz CT molecular complexity index is 1160. The van der Waals surface area contributed by atoms with Gasteiger partial charge in [0.15, 0.2) is 11.5 Å². The largest absolute Gasteiger partial charge is 0.493 e. The molecule has 0 spiro atoms. The molecule has 1 aromatic heterocycles. The highest BCUT2D eigenvalue weighted by atomic mass is 35.5. The molecule has 2 aliphatic heterocycles. The fourth-order valence-corrected chi connectivity index (χ4v) is 5.37. The van der Waals surface area contributed by atoms with Crippen LogP contribution in [-0.2, 0) is 0 Å². The Hall–Kier alpha value is -2.70. The number of aromatic nitrogens is 1. The zero-order valence-electron chi connectivity index (χ0n) is 19.6. The third kappa shape index (κ3) is 4.06. The Morgan fingerprint density at radius 3 is 2.33 bits per heavy atom. The minimum Gasteiger partial charge on any atom is -0.493 e. The maximum Gasteiger partial charge on any atom is 0.253 e. The minimum absolute atomic E-state index is 0. The Morgan fingerprint density at radius 1 is 1.00 bits per heavy atom. The predicted octanol–water partition coefficient (Wildman–Crippen LogP) is 4.69. The van der Waals surface area contributed by atoms with Crippen LogP contribution in [0, 0.1) is 11.8 Å². The van der Waals surface area contributed by atoms with E-state index in [1.807, 2.05) is 35.2 Å². The number of ether oxygens (including phenoxy) is 2. The van der Waals surface area contributed by atoms with Crippen molar-refractivity contribution in [2.45, 2.75) is 19.8 Å². The highest BCUT2D eigenvalue weighted by Crippen LogP contribution is 2.39. The van der Waals surface area contributed by atoms with Crippen molar-refractivity contribution >= 4 is 29.2 Å². The summed E-state index contributed by atoms with van der Waals surface area (Å²) in [6.45, 7) is 8.15. The molecule has 2 atom stereocenters. The molecule has 2 unspecified atom stereocenters. The van der Waals surface area contributed by atoms with Crippen LogP contribution in [0.1, 0.15) is 35.7 Å². The Balaban J connectivity index is 0.00000259. The topological polar surface area (TPSA) is 66.6 Å². The molecule has 6 nitrogen and oxygen atoms in total. The molecule has 0 radical (unpaired) electrons. The van der Waals surface area contributed by atoms with E-state index in [1.54, 1.807) is 14.2 Å². The van der Waals surface area contributed by atoms with Crippen LogP contribution in [0.4, 0.5) is 0 Å². The number of likely N-dealkylation sites (tertiary alicyclic amines) is 1. The summed E-state index contributed by atoms with van der Waals surface area (Å²) in [7, 11) is 3.29. The van der Waals surface area contributed by atoms with Crippen molar-refractivity contribution in [3.8, 4) is 22.8 Å². The van der Waals surface area contributed by atoms with Gasteiger partial charge in [-0.2, -0.15) is 0 Å². The number of H-pyrrole nitrogens is 1. The molecule has 0 bridgehead atoms. The number of halogens is 1. The molecule has 0 aliphatic carbocycles. The second kappa shape index (κ2) is 9.27. The van der Waals surface area contributed by atoms with Crippen molar-refractivity contribution in [3.63, 3.8) is 0 Å². The number of hydrogen-bond acceptors (Lipinski definition) is 4. The fraction of sp³-hybridized carbons (Fsp3) is 0.423. The number of benzene rings is 2. The van der Waals surface area contributed by atoms with Gasteiger partial charge < -0.3 is 24.7 Å². The molecule has 33 heavy (non-hydrogen) atoms. The molecular formula is C26H32ClN3O3. The first-order valence-corrected chi connectivity index (χ1v) is 11.4. The number of nitrogens with zero attached hydrogens (tertiary/aromatic N) is 1. The lowest BCUT2D eigenvalue weighted by atomic mass is 9.95. The van der Waals surface area contributed by atoms with Gasteiger partial charge in [0.2, 0.25) is 0 Å². The number of nitrogens with one attached hydrogen (secondary N) is 2. The maximum absolute atomic E-state index is 13.3. The van der Waals surface area contributed by atoms with Crippen molar-refractivity contribution in [1.82, 2.24) is 15.2 Å². The number of carbonyl (C=O) groups is 1. The van der Waals surface area contributed by atoms with Crippen LogP contribution >= 0.6 is 12.4 Å². The number of aromatic amines is 1. The molecule has 2 N–H and O–H groups in total. The van der Waals surface area contributed by atoms with Gasteiger partial charge in [-0.15, -0.1) is 12.4 Å². The average Bonchev–Trinajstić information content (AvgIpc) is 3.50. The summed E-state index contributed by atoms with van der Waals surface area (Å²) < 4.78 is 10.9. The lowest BCUT2D eigenvalue weighted by Gasteiger charge is -2.18. The van der Waals surface area contributed by atoms with Crippen LogP contribution in [0.25, 0.3) is 22.2 Å². The minimum atomic E-state index is 0. The summed E-state index contributed by atoms with van der Waals surface area (Å²) in [5.74, 6) is 3.02. The summed E-state index contributed by atoms with van der Waals surface area (Å²) in [6.07, 6.45) is 0. The van der Waals surface area contributed by atoms with Crippen molar-refractivity contribution < 1.29 is 14.3 Å². The number of methoxy groups -OCH3 is 2. The molecule has 5 rings (SSSR count). The van der Waals surface area contributed by atoms with Crippen LogP contribution < -0.4 is 14.8 Å². The van der Waals surface area contributed by atoms with Crippen molar-refractivity contribution in [1.29, 1.82) is 0 Å². The number of rotatable bonds is 5. The zero-order valence-corrected chi connectivity index (χ0v) is 20.4. The van der Waals surface area contributed by atoms with Crippen LogP contribution in [-0.4, -0.2) is 56.2 Å². The highest BCUT2D eigenvalue weighted by Gasteiger charge is 2.38. The van der Waals surface area contributed by atoms with E-state index < -0.39 is 0 Å². The van der Waals surface area contributed by atoms with Gasteiger partial charge in [-0.1, -0.05) is 13.8 Å². The van der Waals surface area contributed by atoms with Crippen LogP contribution in [0.5, 0.6) is 11.5 Å². The van der Waals surface area contributed by atoms with E-state index in [1.165, 1.54) is 5.56 Å². The van der Waals surface area contributed by atoms with Gasteiger partial charge in [0.05, 0.1) is 19.9 Å². The average molecular weight is 470 g/mol. The maximum atomic E-state index is 13.3. The van der Waals surface area contributed by atoms with Crippen molar-refractivity contribution in [2.24, 2.45) is 11.8 Å². The summed E-state index contributed by atoms with van der Waals surface area (Å²) in [6, 6.07) is 12.0. The Morgan fingerprint density at radius 2 is 1.70 bits per heavy atom. The third-order valence-electron chi connectivity index (χ3n) is 7.01. The van der Waals surface area contributed by atoms with E-state index in [-0.39, 0.29) is 24.2 Å². The highest BCUT2D eigenvalue weighted by molar-refractivity contribution is 6.01. The first-order chi connectivity index (χ1) is 15.5. The van der Waals surface area contributed by atoms with Gasteiger partial charge in [-0.25, -0.2) is 0 Å². The lowest BCUT2D eigenvalue weighted by molar-refractivity contribution is 0.0782. The summed E-state index contributed by atoms with van der Waals surface area (Å²) in [5.41, 5.74) is 5.12. The normalized spacial score (nSPS) is 19.6. The van der Waals surface area contributed by atoms with Gasteiger partial charge in [-0.3, -0.25) is 4.79 Å². The standard InChI is InChI=1S/C26H31N3O3.ClH/c1-15(2)24-20-9-17(26(30)29-13-18-11-27-12-19(18)14-29)5-7-21(20)28-25(24)16-6-8-22(31-3)23(10-16)32-4;/h5-10,15,18-19,27-28H,11-14H2,1-4H3;1H. The molecule has 2 aliphatic rings. The number of fused-ring (bicyclic) bond motifs is 2. The van der Waals surface area contributed by atoms with Gasteiger partial charge in [0, 0.05) is 48.2 Å². The monoisotopic (exact) mass is 469 g/mol. The molecule has 2 aromatic carbocycles. The van der Waals surface area contributed by atoms with E-state index >= 15 is 0 Å². The molecular weight excluding hydrogens is 438 g/mol. The predicted molar refractivity (Wildman–Crippen MR) is 134 cm³/mol. The molecule has 2 fully saturated rings. The Kier molecular flexibility index (Phi) is 6.59.